The molecular weight excluding hydrogens is 228 g/mol. The maximum atomic E-state index is 11.3. The molecule has 0 spiro atoms. The molecule has 0 radical (unpaired) electrons. The lowest BCUT2D eigenvalue weighted by Gasteiger charge is -2.07. The molecule has 3 heteroatoms. The molecule has 2 rings (SSSR count). The number of Topliss-reactive ketones (excluding diaryl/α,β-unsaturated/α-hetero) is 1. The molecule has 0 aliphatic heterocycles. The molecule has 18 heavy (non-hydrogen) atoms. The molecule has 0 amide bonds. The Morgan fingerprint density at radius 1 is 0.944 bits per heavy atom. The number of rotatable bonds is 4. The Balaban J connectivity index is 2.17. The fourth-order valence-electron chi connectivity index (χ4n) is 1.56. The maximum absolute atomic E-state index is 11.3. The summed E-state index contributed by atoms with van der Waals surface area (Å²) in [4.78, 5) is 11.3. The standard InChI is InChI=1S/C15H14O3/c1-11(16)12-4-3-5-15(10-12)18-14-8-6-13(17-2)7-9-14/h3-10H,1-2H3. The molecule has 0 aliphatic carbocycles. The van der Waals surface area contributed by atoms with E-state index in [1.165, 1.54) is 6.92 Å². The first kappa shape index (κ1) is 12.2. The highest BCUT2D eigenvalue weighted by atomic mass is 16.5. The Kier molecular flexibility index (Phi) is 3.63. The highest BCUT2D eigenvalue weighted by Crippen LogP contribution is 2.24. The Labute approximate surface area is 106 Å². The van der Waals surface area contributed by atoms with Crippen molar-refractivity contribution in [3.8, 4) is 17.2 Å². The van der Waals surface area contributed by atoms with Gasteiger partial charge in [-0.25, -0.2) is 0 Å². The molecule has 2 aromatic rings. The van der Waals surface area contributed by atoms with E-state index in [2.05, 4.69) is 0 Å². The summed E-state index contributed by atoms with van der Waals surface area (Å²) < 4.78 is 10.7. The first-order valence-corrected chi connectivity index (χ1v) is 5.62. The second-order valence-corrected chi connectivity index (χ2v) is 3.86. The predicted molar refractivity (Wildman–Crippen MR) is 69.5 cm³/mol. The van der Waals surface area contributed by atoms with E-state index >= 15 is 0 Å². The van der Waals surface area contributed by atoms with Crippen LogP contribution in [-0.4, -0.2) is 12.9 Å². The largest absolute Gasteiger partial charge is 0.497 e. The number of carbonyl (C=O) groups is 1. The van der Waals surface area contributed by atoms with Crippen LogP contribution >= 0.6 is 0 Å². The van der Waals surface area contributed by atoms with Gasteiger partial charge < -0.3 is 9.47 Å². The highest BCUT2D eigenvalue weighted by Gasteiger charge is 2.02. The third-order valence-electron chi connectivity index (χ3n) is 2.54. The zero-order valence-corrected chi connectivity index (χ0v) is 10.3. The van der Waals surface area contributed by atoms with Crippen molar-refractivity contribution in [2.24, 2.45) is 0 Å². The number of hydrogen-bond donors (Lipinski definition) is 0. The molecule has 0 bridgehead atoms. The van der Waals surface area contributed by atoms with Gasteiger partial charge in [-0.3, -0.25) is 4.79 Å². The molecule has 0 N–H and O–H groups in total. The van der Waals surface area contributed by atoms with E-state index in [9.17, 15) is 4.79 Å². The van der Waals surface area contributed by atoms with Gasteiger partial charge in [0.1, 0.15) is 17.2 Å². The average Bonchev–Trinajstić information content (AvgIpc) is 2.40. The van der Waals surface area contributed by atoms with Gasteiger partial charge in [0, 0.05) is 5.56 Å². The molecule has 0 unspecified atom stereocenters. The Morgan fingerprint density at radius 3 is 2.22 bits per heavy atom. The Bertz CT molecular complexity index is 544. The number of ketones is 1. The van der Waals surface area contributed by atoms with E-state index in [1.54, 1.807) is 25.3 Å². The van der Waals surface area contributed by atoms with Crippen molar-refractivity contribution < 1.29 is 14.3 Å². The number of ether oxygens (including phenoxy) is 2. The van der Waals surface area contributed by atoms with Gasteiger partial charge in [-0.1, -0.05) is 12.1 Å². The second kappa shape index (κ2) is 5.36. The van der Waals surface area contributed by atoms with Crippen LogP contribution in [0.15, 0.2) is 48.5 Å². The topological polar surface area (TPSA) is 35.5 Å². The SMILES string of the molecule is COc1ccc(Oc2cccc(C(C)=O)c2)cc1. The van der Waals surface area contributed by atoms with Crippen molar-refractivity contribution in [1.29, 1.82) is 0 Å². The maximum Gasteiger partial charge on any atom is 0.159 e. The van der Waals surface area contributed by atoms with E-state index in [4.69, 9.17) is 9.47 Å². The predicted octanol–water partition coefficient (Wildman–Crippen LogP) is 3.69. The number of benzene rings is 2. The van der Waals surface area contributed by atoms with Crippen LogP contribution in [0, 0.1) is 0 Å². The summed E-state index contributed by atoms with van der Waals surface area (Å²) in [6, 6.07) is 14.4. The van der Waals surface area contributed by atoms with Crippen molar-refractivity contribution >= 4 is 5.78 Å². The van der Waals surface area contributed by atoms with Crippen molar-refractivity contribution in [1.82, 2.24) is 0 Å². The van der Waals surface area contributed by atoms with Crippen LogP contribution in [0.3, 0.4) is 0 Å². The van der Waals surface area contributed by atoms with Gasteiger partial charge in [-0.05, 0) is 43.3 Å². The summed E-state index contributed by atoms with van der Waals surface area (Å²) in [6.07, 6.45) is 0. The van der Waals surface area contributed by atoms with Crippen LogP contribution in [0.1, 0.15) is 17.3 Å². The minimum absolute atomic E-state index is 0.0233. The van der Waals surface area contributed by atoms with Crippen molar-refractivity contribution in [2.75, 3.05) is 7.11 Å². The molecular formula is C15H14O3. The van der Waals surface area contributed by atoms with E-state index in [0.29, 0.717) is 17.1 Å². The molecule has 0 atom stereocenters. The first-order valence-electron chi connectivity index (χ1n) is 5.62. The summed E-state index contributed by atoms with van der Waals surface area (Å²) in [5.74, 6) is 2.15. The normalized spacial score (nSPS) is 9.89. The quantitative estimate of drug-likeness (QED) is 0.767. The fourth-order valence-corrected chi connectivity index (χ4v) is 1.56. The third-order valence-corrected chi connectivity index (χ3v) is 2.54. The van der Waals surface area contributed by atoms with Crippen LogP contribution in [0.4, 0.5) is 0 Å². The van der Waals surface area contributed by atoms with Gasteiger partial charge in [-0.2, -0.15) is 0 Å². The van der Waals surface area contributed by atoms with Crippen LogP contribution in [-0.2, 0) is 0 Å². The van der Waals surface area contributed by atoms with Crippen LogP contribution in [0.2, 0.25) is 0 Å². The number of carbonyl (C=O) groups excluding carboxylic acids is 1. The first-order chi connectivity index (χ1) is 8.69. The molecule has 0 aliphatic rings. The zero-order valence-electron chi connectivity index (χ0n) is 10.3. The summed E-state index contributed by atoms with van der Waals surface area (Å²) in [5.41, 5.74) is 0.640. The van der Waals surface area contributed by atoms with Gasteiger partial charge >= 0.3 is 0 Å². The minimum Gasteiger partial charge on any atom is -0.497 e. The van der Waals surface area contributed by atoms with Gasteiger partial charge in [0.2, 0.25) is 0 Å². The molecule has 92 valence electrons. The highest BCUT2D eigenvalue weighted by molar-refractivity contribution is 5.94. The van der Waals surface area contributed by atoms with Gasteiger partial charge in [-0.15, -0.1) is 0 Å². The second-order valence-electron chi connectivity index (χ2n) is 3.86. The molecule has 0 saturated heterocycles. The van der Waals surface area contributed by atoms with E-state index in [-0.39, 0.29) is 5.78 Å². The lowest BCUT2D eigenvalue weighted by molar-refractivity contribution is 0.101. The minimum atomic E-state index is 0.0233. The lowest BCUT2D eigenvalue weighted by Crippen LogP contribution is -1.92. The Morgan fingerprint density at radius 2 is 1.61 bits per heavy atom. The Hall–Kier alpha value is -2.29. The molecule has 0 aromatic heterocycles. The van der Waals surface area contributed by atoms with Gasteiger partial charge in [0.05, 0.1) is 7.11 Å². The smallest absolute Gasteiger partial charge is 0.159 e. The fraction of sp³-hybridized carbons (Fsp3) is 0.133. The van der Waals surface area contributed by atoms with Gasteiger partial charge in [0.15, 0.2) is 5.78 Å². The molecule has 0 fully saturated rings. The van der Waals surface area contributed by atoms with E-state index in [0.717, 1.165) is 5.75 Å². The van der Waals surface area contributed by atoms with E-state index < -0.39 is 0 Å². The summed E-state index contributed by atoms with van der Waals surface area (Å²) >= 11 is 0. The molecule has 2 aromatic carbocycles. The van der Waals surface area contributed by atoms with Crippen LogP contribution < -0.4 is 9.47 Å². The van der Waals surface area contributed by atoms with E-state index in [1.807, 2.05) is 30.3 Å². The van der Waals surface area contributed by atoms with Crippen LogP contribution in [0.25, 0.3) is 0 Å². The van der Waals surface area contributed by atoms with Gasteiger partial charge in [0.25, 0.3) is 0 Å². The van der Waals surface area contributed by atoms with Crippen molar-refractivity contribution in [3.05, 3.63) is 54.1 Å². The van der Waals surface area contributed by atoms with Crippen molar-refractivity contribution in [2.45, 2.75) is 6.92 Å². The molecule has 0 heterocycles. The summed E-state index contributed by atoms with van der Waals surface area (Å²) in [5, 5.41) is 0. The number of methoxy groups -OCH3 is 1. The zero-order chi connectivity index (χ0) is 13.0. The average molecular weight is 242 g/mol. The summed E-state index contributed by atoms with van der Waals surface area (Å²) in [6.45, 7) is 1.53. The monoisotopic (exact) mass is 242 g/mol. The number of hydrogen-bond acceptors (Lipinski definition) is 3. The third kappa shape index (κ3) is 2.88. The van der Waals surface area contributed by atoms with Crippen LogP contribution in [0.5, 0.6) is 17.2 Å². The lowest BCUT2D eigenvalue weighted by atomic mass is 10.1. The molecule has 0 saturated carbocycles. The molecule has 3 nitrogen and oxygen atoms in total. The van der Waals surface area contributed by atoms with Crippen molar-refractivity contribution in [3.63, 3.8) is 0 Å². The summed E-state index contributed by atoms with van der Waals surface area (Å²) in [7, 11) is 1.62.